The van der Waals surface area contributed by atoms with Crippen molar-refractivity contribution in [1.82, 2.24) is 20.2 Å². The minimum absolute atomic E-state index is 0.0501. The molecule has 1 aromatic carbocycles. The number of fused-ring (bicyclic) bond motifs is 1. The van der Waals surface area contributed by atoms with Crippen molar-refractivity contribution in [3.63, 3.8) is 0 Å². The molecule has 3 aromatic rings. The number of carbonyl (C=O) groups excluding carboxylic acids is 2. The minimum Gasteiger partial charge on any atom is -0.489 e. The van der Waals surface area contributed by atoms with Crippen LogP contribution in [0.5, 0.6) is 17.4 Å². The predicted molar refractivity (Wildman–Crippen MR) is 155 cm³/mol. The maximum atomic E-state index is 12.5. The van der Waals surface area contributed by atoms with Gasteiger partial charge in [-0.1, -0.05) is 18.2 Å². The van der Waals surface area contributed by atoms with E-state index in [9.17, 15) is 9.59 Å². The molecule has 3 aliphatic heterocycles. The molecule has 2 fully saturated rings. The summed E-state index contributed by atoms with van der Waals surface area (Å²) in [6.45, 7) is 3.55. The molecular weight excluding hydrogens is 540 g/mol. The Labute approximate surface area is 243 Å². The Morgan fingerprint density at radius 3 is 2.86 bits per heavy atom. The molecule has 12 heteroatoms. The summed E-state index contributed by atoms with van der Waals surface area (Å²) in [5, 5.41) is 6.11. The van der Waals surface area contributed by atoms with E-state index in [4.69, 9.17) is 18.9 Å². The van der Waals surface area contributed by atoms with Crippen LogP contribution in [-0.2, 0) is 16.1 Å². The molecule has 2 atom stereocenters. The first-order valence-corrected chi connectivity index (χ1v) is 14.1. The number of cyclic esters (lactones) is 1. The lowest BCUT2D eigenvalue weighted by atomic mass is 10.1. The highest BCUT2D eigenvalue weighted by atomic mass is 16.6. The third-order valence-corrected chi connectivity index (χ3v) is 7.44. The Morgan fingerprint density at radius 2 is 2.02 bits per heavy atom. The molecule has 12 nitrogen and oxygen atoms in total. The molecule has 2 N–H and O–H groups in total. The molecule has 2 amide bonds. The van der Waals surface area contributed by atoms with E-state index in [1.165, 1.54) is 4.90 Å². The second kappa shape index (κ2) is 12.2. The largest absolute Gasteiger partial charge is 0.489 e. The van der Waals surface area contributed by atoms with Crippen molar-refractivity contribution in [2.75, 3.05) is 57.2 Å². The smallest absolute Gasteiger partial charge is 0.415 e. The lowest BCUT2D eigenvalue weighted by Crippen LogP contribution is -2.29. The van der Waals surface area contributed by atoms with Crippen molar-refractivity contribution < 1.29 is 28.5 Å². The predicted octanol–water partition coefficient (Wildman–Crippen LogP) is 3.07. The number of hydrogen-bond acceptors (Lipinski definition) is 10. The first-order valence-electron chi connectivity index (χ1n) is 14.1. The van der Waals surface area contributed by atoms with Crippen LogP contribution >= 0.6 is 0 Å². The van der Waals surface area contributed by atoms with Crippen molar-refractivity contribution in [2.24, 2.45) is 0 Å². The van der Waals surface area contributed by atoms with Crippen LogP contribution in [0.3, 0.4) is 0 Å². The summed E-state index contributed by atoms with van der Waals surface area (Å²) in [4.78, 5) is 36.9. The molecule has 5 heterocycles. The monoisotopic (exact) mass is 574 g/mol. The normalized spacial score (nSPS) is 20.1. The van der Waals surface area contributed by atoms with E-state index in [0.29, 0.717) is 49.3 Å². The summed E-state index contributed by atoms with van der Waals surface area (Å²) >= 11 is 0. The number of nitrogens with one attached hydrogen (secondary N) is 2. The van der Waals surface area contributed by atoms with Gasteiger partial charge in [0.15, 0.2) is 18.2 Å². The number of hydrogen-bond donors (Lipinski definition) is 2. The molecule has 0 aliphatic carbocycles. The molecule has 2 saturated heterocycles. The summed E-state index contributed by atoms with van der Waals surface area (Å²) in [5.41, 5.74) is 2.86. The Hall–Kier alpha value is -4.42. The molecule has 220 valence electrons. The molecule has 0 radical (unpaired) electrons. The van der Waals surface area contributed by atoms with Crippen LogP contribution in [0.25, 0.3) is 11.3 Å². The second-order valence-electron chi connectivity index (χ2n) is 10.7. The first kappa shape index (κ1) is 27.7. The van der Waals surface area contributed by atoms with Gasteiger partial charge >= 0.3 is 6.09 Å². The topological polar surface area (TPSA) is 127 Å². The number of carbonyl (C=O) groups is 2. The second-order valence-corrected chi connectivity index (χ2v) is 10.7. The fourth-order valence-electron chi connectivity index (χ4n) is 5.28. The molecule has 2 aromatic heterocycles. The number of nitrogens with zero attached hydrogens (tertiary/aromatic N) is 4. The first-order chi connectivity index (χ1) is 20.4. The summed E-state index contributed by atoms with van der Waals surface area (Å²) in [5.74, 6) is 2.18. The van der Waals surface area contributed by atoms with Crippen LogP contribution in [0.4, 0.5) is 16.4 Å². The fourth-order valence-corrected chi connectivity index (χ4v) is 5.28. The molecule has 0 saturated carbocycles. The molecular formula is C30H34N6O6. The number of ether oxygens (including phenoxy) is 4. The number of likely N-dealkylation sites (N-methyl/N-ethyl adjacent to an activating group) is 1. The Balaban J connectivity index is 1.03. The van der Waals surface area contributed by atoms with Crippen LogP contribution in [-0.4, -0.2) is 86.0 Å². The summed E-state index contributed by atoms with van der Waals surface area (Å²) < 4.78 is 22.6. The Bertz CT molecular complexity index is 1470. The lowest BCUT2D eigenvalue weighted by molar-refractivity contribution is -0.118. The van der Waals surface area contributed by atoms with E-state index in [2.05, 4.69) is 44.7 Å². The number of anilines is 2. The van der Waals surface area contributed by atoms with E-state index < -0.39 is 6.09 Å². The highest BCUT2D eigenvalue weighted by Gasteiger charge is 2.33. The van der Waals surface area contributed by atoms with Gasteiger partial charge in [0.25, 0.3) is 5.91 Å². The van der Waals surface area contributed by atoms with Gasteiger partial charge < -0.3 is 34.5 Å². The van der Waals surface area contributed by atoms with Gasteiger partial charge in [0, 0.05) is 37.3 Å². The summed E-state index contributed by atoms with van der Waals surface area (Å²) in [6, 6.07) is 15.4. The lowest BCUT2D eigenvalue weighted by Gasteiger charge is -2.19. The van der Waals surface area contributed by atoms with Gasteiger partial charge in [-0.25, -0.2) is 14.8 Å². The zero-order valence-corrected chi connectivity index (χ0v) is 23.7. The van der Waals surface area contributed by atoms with Crippen molar-refractivity contribution in [2.45, 2.75) is 31.6 Å². The minimum atomic E-state index is -0.461. The number of benzene rings is 1. The van der Waals surface area contributed by atoms with Gasteiger partial charge in [-0.15, -0.1) is 0 Å². The van der Waals surface area contributed by atoms with Crippen molar-refractivity contribution in [3.8, 4) is 28.6 Å². The Morgan fingerprint density at radius 1 is 1.12 bits per heavy atom. The molecule has 42 heavy (non-hydrogen) atoms. The molecule has 0 spiro atoms. The summed E-state index contributed by atoms with van der Waals surface area (Å²) in [7, 11) is 3.71. The number of likely N-dealkylation sites (tertiary alicyclic amines) is 1. The summed E-state index contributed by atoms with van der Waals surface area (Å²) in [6.07, 6.45) is 1.05. The maximum absolute atomic E-state index is 12.5. The third-order valence-electron chi connectivity index (χ3n) is 7.44. The van der Waals surface area contributed by atoms with Crippen LogP contribution < -0.4 is 29.7 Å². The number of rotatable bonds is 10. The number of pyridine rings is 2. The SMILES string of the molecule is COc1cc(OC2CCN(C)C2)cc(-c2cccc(CNCCC3CN(c4ccc5c(n4)NC(=O)CO5)C(=O)O3)c2)n1. The van der Waals surface area contributed by atoms with Gasteiger partial charge in [-0.05, 0) is 50.2 Å². The van der Waals surface area contributed by atoms with Crippen LogP contribution in [0, 0.1) is 0 Å². The number of amides is 2. The van der Waals surface area contributed by atoms with Crippen molar-refractivity contribution >= 4 is 23.6 Å². The van der Waals surface area contributed by atoms with E-state index in [0.717, 1.165) is 42.1 Å². The van der Waals surface area contributed by atoms with Gasteiger partial charge in [0.05, 0.1) is 19.3 Å². The average Bonchev–Trinajstić information content (AvgIpc) is 3.58. The quantitative estimate of drug-likeness (QED) is 0.349. The average molecular weight is 575 g/mol. The van der Waals surface area contributed by atoms with Crippen LogP contribution in [0.2, 0.25) is 0 Å². The van der Waals surface area contributed by atoms with Gasteiger partial charge in [0.2, 0.25) is 5.88 Å². The molecule has 6 rings (SSSR count). The Kier molecular flexibility index (Phi) is 8.06. The van der Waals surface area contributed by atoms with Gasteiger partial charge in [-0.3, -0.25) is 9.69 Å². The molecule has 0 bridgehead atoms. The van der Waals surface area contributed by atoms with Crippen LogP contribution in [0.1, 0.15) is 18.4 Å². The highest BCUT2D eigenvalue weighted by Crippen LogP contribution is 2.31. The molecule has 2 unspecified atom stereocenters. The number of methoxy groups -OCH3 is 1. The van der Waals surface area contributed by atoms with Crippen molar-refractivity contribution in [3.05, 3.63) is 54.1 Å². The molecule has 3 aliphatic rings. The van der Waals surface area contributed by atoms with E-state index in [-0.39, 0.29) is 24.7 Å². The zero-order valence-electron chi connectivity index (χ0n) is 23.7. The van der Waals surface area contributed by atoms with E-state index >= 15 is 0 Å². The third kappa shape index (κ3) is 6.39. The zero-order chi connectivity index (χ0) is 29.1. The fraction of sp³-hybridized carbons (Fsp3) is 0.400. The standard InChI is InChI=1S/C30H34N6O6/c1-35-11-9-22(16-35)41-23-13-24(32-28(14-23)39-2)20-5-3-4-19(12-20)15-31-10-8-21-17-36(30(38)42-21)26-7-6-25-29(33-26)34-27(37)18-40-25/h3-7,12-14,21-22,31H,8-11,15-18H2,1-2H3,(H,33,34,37). The van der Waals surface area contributed by atoms with Crippen LogP contribution in [0.15, 0.2) is 48.5 Å². The number of aromatic nitrogens is 2. The van der Waals surface area contributed by atoms with Gasteiger partial charge in [0.1, 0.15) is 23.8 Å². The van der Waals surface area contributed by atoms with Crippen molar-refractivity contribution in [1.29, 1.82) is 0 Å². The maximum Gasteiger partial charge on any atom is 0.415 e. The van der Waals surface area contributed by atoms with E-state index in [1.807, 2.05) is 24.3 Å². The highest BCUT2D eigenvalue weighted by molar-refractivity contribution is 5.95. The van der Waals surface area contributed by atoms with E-state index in [1.54, 1.807) is 19.2 Å². The van der Waals surface area contributed by atoms with Gasteiger partial charge in [-0.2, -0.15) is 0 Å².